The van der Waals surface area contributed by atoms with Gasteiger partial charge in [-0.15, -0.1) is 0 Å². The highest BCUT2D eigenvalue weighted by atomic mass is 16.5. The minimum atomic E-state index is -1.04. The topological polar surface area (TPSA) is 120 Å². The number of carboxylic acids is 1. The van der Waals surface area contributed by atoms with E-state index in [1.165, 1.54) is 18.9 Å². The molecule has 0 radical (unpaired) electrons. The molecule has 34 heavy (non-hydrogen) atoms. The summed E-state index contributed by atoms with van der Waals surface area (Å²) in [6.07, 6.45) is 6.36. The average molecular weight is 463 g/mol. The highest BCUT2D eigenvalue weighted by Gasteiger charge is 2.22. The fourth-order valence-electron chi connectivity index (χ4n) is 3.43. The number of urea groups is 1. The maximum atomic E-state index is 12.6. The molecular formula is C25H26N4O5. The molecular weight excluding hydrogens is 436 g/mol. The van der Waals surface area contributed by atoms with Crippen LogP contribution in [0, 0.1) is 6.92 Å². The molecule has 0 unspecified atom stereocenters. The minimum absolute atomic E-state index is 0.302. The first-order valence-electron chi connectivity index (χ1n) is 10.5. The van der Waals surface area contributed by atoms with Gasteiger partial charge in [0.25, 0.3) is 0 Å². The second kappa shape index (κ2) is 10.9. The van der Waals surface area contributed by atoms with Crippen LogP contribution in [-0.2, 0) is 9.59 Å². The first kappa shape index (κ1) is 24.1. The summed E-state index contributed by atoms with van der Waals surface area (Å²) < 4.78 is 5.46. The highest BCUT2D eigenvalue weighted by molar-refractivity contribution is 6.02. The Hall–Kier alpha value is -4.53. The van der Waals surface area contributed by atoms with Crippen molar-refractivity contribution in [3.05, 3.63) is 83.9 Å². The summed E-state index contributed by atoms with van der Waals surface area (Å²) in [6.45, 7) is 3.27. The number of ether oxygens (including phenoxy) is 1. The molecule has 0 saturated heterocycles. The lowest BCUT2D eigenvalue weighted by Crippen LogP contribution is -2.30. The van der Waals surface area contributed by atoms with Crippen LogP contribution in [0.15, 0.2) is 78.3 Å². The summed E-state index contributed by atoms with van der Waals surface area (Å²) in [5.41, 5.74) is 3.18. The Kier molecular flexibility index (Phi) is 7.71. The van der Waals surface area contributed by atoms with Gasteiger partial charge in [0.15, 0.2) is 0 Å². The number of hydrogen-bond acceptors (Lipinski definition) is 5. The summed E-state index contributed by atoms with van der Waals surface area (Å²) in [6, 6.07) is 11.8. The lowest BCUT2D eigenvalue weighted by Gasteiger charge is -2.25. The van der Waals surface area contributed by atoms with Gasteiger partial charge in [0.1, 0.15) is 5.75 Å². The third kappa shape index (κ3) is 5.83. The first-order chi connectivity index (χ1) is 16.3. The molecule has 9 heteroatoms. The quantitative estimate of drug-likeness (QED) is 0.485. The molecule has 3 amide bonds. The Bertz CT molecular complexity index is 1200. The normalized spacial score (nSPS) is 12.4. The third-order valence-electron chi connectivity index (χ3n) is 5.00. The molecule has 0 bridgehead atoms. The van der Waals surface area contributed by atoms with Crippen molar-refractivity contribution in [2.45, 2.75) is 20.3 Å². The van der Waals surface area contributed by atoms with Crippen LogP contribution in [0.5, 0.6) is 5.75 Å². The zero-order chi connectivity index (χ0) is 24.7. The summed E-state index contributed by atoms with van der Waals surface area (Å²) in [4.78, 5) is 37.9. The zero-order valence-electron chi connectivity index (χ0n) is 19.1. The largest absolute Gasteiger partial charge is 0.494 e. The summed E-state index contributed by atoms with van der Waals surface area (Å²) in [5, 5.41) is 17.8. The lowest BCUT2D eigenvalue weighted by atomic mass is 10.1. The number of aliphatic carboxylic acids is 1. The number of allylic oxidation sites excluding steroid dienone is 3. The van der Waals surface area contributed by atoms with E-state index in [1.54, 1.807) is 48.7 Å². The predicted octanol–water partition coefficient (Wildman–Crippen LogP) is 4.36. The van der Waals surface area contributed by atoms with Gasteiger partial charge in [-0.05, 0) is 42.8 Å². The van der Waals surface area contributed by atoms with E-state index in [0.29, 0.717) is 34.2 Å². The summed E-state index contributed by atoms with van der Waals surface area (Å²) in [5.74, 6) is -1.04. The number of hydrogen-bond donors (Lipinski definition) is 4. The van der Waals surface area contributed by atoms with Crippen molar-refractivity contribution >= 4 is 35.0 Å². The fraction of sp³-hybridized carbons (Fsp3) is 0.160. The number of aryl methyl sites for hydroxylation is 1. The van der Waals surface area contributed by atoms with E-state index >= 15 is 0 Å². The molecule has 0 aromatic heterocycles. The van der Waals surface area contributed by atoms with Crippen LogP contribution < -0.4 is 25.6 Å². The molecule has 0 aliphatic carbocycles. The lowest BCUT2D eigenvalue weighted by molar-refractivity contribution is -0.136. The molecule has 9 nitrogen and oxygen atoms in total. The van der Waals surface area contributed by atoms with E-state index in [9.17, 15) is 19.5 Å². The maximum absolute atomic E-state index is 12.6. The van der Waals surface area contributed by atoms with Crippen LogP contribution in [0.2, 0.25) is 0 Å². The molecule has 2 aromatic carbocycles. The number of carboxylic acid groups (broad SMARTS) is 1. The van der Waals surface area contributed by atoms with Gasteiger partial charge in [0.05, 0.1) is 36.3 Å². The molecule has 3 rings (SSSR count). The molecule has 0 saturated carbocycles. The Labute approximate surface area is 197 Å². The van der Waals surface area contributed by atoms with Gasteiger partial charge in [0, 0.05) is 24.9 Å². The SMILES string of the molecule is COc1cc(N(C(C)=O)C2=C(CC(=O)O)NC=CC=C2)ccc1NC(=O)Nc1ccccc1C. The van der Waals surface area contributed by atoms with E-state index in [0.717, 1.165) is 5.56 Å². The molecule has 1 aliphatic rings. The smallest absolute Gasteiger partial charge is 0.323 e. The fourth-order valence-corrected chi connectivity index (χ4v) is 3.43. The molecule has 1 aliphatic heterocycles. The van der Waals surface area contributed by atoms with Gasteiger partial charge < -0.3 is 25.8 Å². The molecule has 176 valence electrons. The van der Waals surface area contributed by atoms with Gasteiger partial charge in [-0.1, -0.05) is 24.3 Å². The van der Waals surface area contributed by atoms with Crippen LogP contribution in [0.3, 0.4) is 0 Å². The Morgan fingerprint density at radius 2 is 1.79 bits per heavy atom. The first-order valence-corrected chi connectivity index (χ1v) is 10.5. The van der Waals surface area contributed by atoms with Crippen molar-refractivity contribution in [3.63, 3.8) is 0 Å². The van der Waals surface area contributed by atoms with E-state index in [4.69, 9.17) is 4.74 Å². The van der Waals surface area contributed by atoms with Crippen LogP contribution >= 0.6 is 0 Å². The van der Waals surface area contributed by atoms with Crippen LogP contribution in [-0.4, -0.2) is 30.1 Å². The van der Waals surface area contributed by atoms with Gasteiger partial charge >= 0.3 is 12.0 Å². The van der Waals surface area contributed by atoms with Crippen molar-refractivity contribution in [1.29, 1.82) is 0 Å². The number of amides is 3. The molecule has 0 spiro atoms. The van der Waals surface area contributed by atoms with Crippen LogP contribution in [0.4, 0.5) is 21.9 Å². The minimum Gasteiger partial charge on any atom is -0.494 e. The molecule has 4 N–H and O–H groups in total. The number of nitrogens with one attached hydrogen (secondary N) is 3. The number of anilines is 3. The maximum Gasteiger partial charge on any atom is 0.323 e. The Morgan fingerprint density at radius 1 is 1.06 bits per heavy atom. The third-order valence-corrected chi connectivity index (χ3v) is 5.00. The number of rotatable bonds is 7. The number of methoxy groups -OCH3 is 1. The van der Waals surface area contributed by atoms with E-state index < -0.39 is 12.0 Å². The van der Waals surface area contributed by atoms with Crippen molar-refractivity contribution in [2.75, 3.05) is 22.6 Å². The van der Waals surface area contributed by atoms with Crippen molar-refractivity contribution in [1.82, 2.24) is 5.32 Å². The van der Waals surface area contributed by atoms with Crippen molar-refractivity contribution in [2.24, 2.45) is 0 Å². The average Bonchev–Trinajstić information content (AvgIpc) is 3.01. The van der Waals surface area contributed by atoms with Gasteiger partial charge in [-0.2, -0.15) is 0 Å². The van der Waals surface area contributed by atoms with E-state index in [1.807, 2.05) is 25.1 Å². The standard InChI is InChI=1S/C25H26N4O5/c1-16-8-4-5-9-19(16)27-25(33)28-20-12-11-18(14-23(20)34-3)29(17(2)30)22-10-6-7-13-26-21(22)15-24(31)32/h4-14,26H,15H2,1-3H3,(H,31,32)(H2,27,28,33). The summed E-state index contributed by atoms with van der Waals surface area (Å²) >= 11 is 0. The monoisotopic (exact) mass is 462 g/mol. The van der Waals surface area contributed by atoms with Crippen molar-refractivity contribution < 1.29 is 24.2 Å². The van der Waals surface area contributed by atoms with Crippen LogP contribution in [0.1, 0.15) is 18.9 Å². The van der Waals surface area contributed by atoms with E-state index in [2.05, 4.69) is 16.0 Å². The Morgan fingerprint density at radius 3 is 2.47 bits per heavy atom. The Balaban J connectivity index is 1.92. The number of carbonyl (C=O) groups excluding carboxylic acids is 2. The zero-order valence-corrected chi connectivity index (χ0v) is 19.1. The molecule has 0 fully saturated rings. The highest BCUT2D eigenvalue weighted by Crippen LogP contribution is 2.33. The predicted molar refractivity (Wildman–Crippen MR) is 131 cm³/mol. The number of para-hydroxylation sites is 1. The molecule has 2 aromatic rings. The van der Waals surface area contributed by atoms with Crippen molar-refractivity contribution in [3.8, 4) is 5.75 Å². The molecule has 0 atom stereocenters. The van der Waals surface area contributed by atoms with Crippen LogP contribution in [0.25, 0.3) is 0 Å². The van der Waals surface area contributed by atoms with E-state index in [-0.39, 0.29) is 12.3 Å². The second-order valence-electron chi connectivity index (χ2n) is 7.43. The molecule has 1 heterocycles. The number of carbonyl (C=O) groups is 3. The summed E-state index contributed by atoms with van der Waals surface area (Å²) in [7, 11) is 1.45. The van der Waals surface area contributed by atoms with Gasteiger partial charge in [0.2, 0.25) is 5.91 Å². The van der Waals surface area contributed by atoms with Gasteiger partial charge in [-0.25, -0.2) is 4.79 Å². The van der Waals surface area contributed by atoms with Gasteiger partial charge in [-0.3, -0.25) is 14.5 Å². The number of nitrogens with zero attached hydrogens (tertiary/aromatic N) is 1. The number of benzene rings is 2. The second-order valence-corrected chi connectivity index (χ2v) is 7.43.